The summed E-state index contributed by atoms with van der Waals surface area (Å²) in [5, 5.41) is 12.1. The molecule has 2 aromatic carbocycles. The molecule has 3 aromatic heterocycles. The van der Waals surface area contributed by atoms with Gasteiger partial charge < -0.3 is 25.9 Å². The van der Waals surface area contributed by atoms with Gasteiger partial charge in [0.05, 0.1) is 46.4 Å². The van der Waals surface area contributed by atoms with Gasteiger partial charge in [-0.1, -0.05) is 18.2 Å². The van der Waals surface area contributed by atoms with Crippen molar-refractivity contribution in [3.63, 3.8) is 0 Å². The molecule has 0 aliphatic heterocycles. The lowest BCUT2D eigenvalue weighted by Gasteiger charge is -2.07. The fourth-order valence-corrected chi connectivity index (χ4v) is 3.97. The number of halogens is 1. The molecule has 0 bridgehead atoms. The van der Waals surface area contributed by atoms with E-state index in [-0.39, 0.29) is 12.2 Å². The van der Waals surface area contributed by atoms with Crippen molar-refractivity contribution in [2.45, 2.75) is 13.5 Å². The van der Waals surface area contributed by atoms with Crippen molar-refractivity contribution >= 4 is 22.7 Å². The normalized spacial score (nSPS) is 11.0. The van der Waals surface area contributed by atoms with Crippen LogP contribution >= 0.6 is 0 Å². The number of carbonyl (C=O) groups is 1. The van der Waals surface area contributed by atoms with Gasteiger partial charge in [0.25, 0.3) is 0 Å². The van der Waals surface area contributed by atoms with E-state index in [1.54, 1.807) is 6.20 Å². The Labute approximate surface area is 216 Å². The molecular formula is C27H24FN7O3. The number of fused-ring (bicyclic) bond motifs is 1. The van der Waals surface area contributed by atoms with Gasteiger partial charge in [-0.3, -0.25) is 4.98 Å². The summed E-state index contributed by atoms with van der Waals surface area (Å²) in [6.45, 7) is 2.70. The number of H-pyrrole nitrogens is 1. The molecule has 192 valence electrons. The Bertz CT molecular complexity index is 1640. The first-order valence-corrected chi connectivity index (χ1v) is 11.8. The van der Waals surface area contributed by atoms with Crippen molar-refractivity contribution in [2.75, 3.05) is 18.5 Å². The van der Waals surface area contributed by atoms with Gasteiger partial charge in [-0.15, -0.1) is 0 Å². The largest absolute Gasteiger partial charge is 0.478 e. The van der Waals surface area contributed by atoms with Crippen LogP contribution in [-0.4, -0.2) is 49.1 Å². The third kappa shape index (κ3) is 5.13. The molecule has 0 spiro atoms. The molecular weight excluding hydrogens is 489 g/mol. The topological polar surface area (TPSA) is 152 Å². The monoisotopic (exact) mass is 513 g/mol. The van der Waals surface area contributed by atoms with Crippen LogP contribution in [0, 0.1) is 12.7 Å². The summed E-state index contributed by atoms with van der Waals surface area (Å²) in [6.07, 6.45) is 1.55. The van der Waals surface area contributed by atoms with E-state index in [2.05, 4.69) is 25.3 Å². The van der Waals surface area contributed by atoms with Crippen molar-refractivity contribution < 1.29 is 19.0 Å². The zero-order valence-corrected chi connectivity index (χ0v) is 20.4. The Morgan fingerprint density at radius 3 is 2.74 bits per heavy atom. The van der Waals surface area contributed by atoms with Crippen LogP contribution in [0.3, 0.4) is 0 Å². The number of nitrogens with one attached hydrogen (secondary N) is 2. The second-order valence-corrected chi connectivity index (χ2v) is 8.45. The maximum absolute atomic E-state index is 14.6. The maximum Gasteiger partial charge on any atom is 0.338 e. The number of carboxylic acids is 1. The van der Waals surface area contributed by atoms with Crippen molar-refractivity contribution in [1.29, 1.82) is 0 Å². The van der Waals surface area contributed by atoms with Gasteiger partial charge in [0, 0.05) is 17.8 Å². The Morgan fingerprint density at radius 1 is 1.11 bits per heavy atom. The van der Waals surface area contributed by atoms with Crippen LogP contribution in [0.25, 0.3) is 33.7 Å². The van der Waals surface area contributed by atoms with E-state index in [9.17, 15) is 14.3 Å². The predicted molar refractivity (Wildman–Crippen MR) is 140 cm³/mol. The zero-order chi connectivity index (χ0) is 26.6. The van der Waals surface area contributed by atoms with E-state index < -0.39 is 17.3 Å². The Kier molecular flexibility index (Phi) is 6.92. The summed E-state index contributed by atoms with van der Waals surface area (Å²) in [5.74, 6) is -1.30. The highest BCUT2D eigenvalue weighted by molar-refractivity contribution is 5.89. The minimum absolute atomic E-state index is 0.0593. The van der Waals surface area contributed by atoms with Crippen molar-refractivity contribution in [1.82, 2.24) is 24.9 Å². The molecule has 0 saturated heterocycles. The van der Waals surface area contributed by atoms with E-state index in [1.165, 1.54) is 18.2 Å². The van der Waals surface area contributed by atoms with Crippen LogP contribution in [0.4, 0.5) is 10.1 Å². The minimum Gasteiger partial charge on any atom is -0.478 e. The highest BCUT2D eigenvalue weighted by atomic mass is 19.1. The van der Waals surface area contributed by atoms with E-state index in [1.807, 2.05) is 43.3 Å². The Balaban J connectivity index is 1.53. The number of rotatable bonds is 9. The van der Waals surface area contributed by atoms with Gasteiger partial charge in [0.15, 0.2) is 5.82 Å². The summed E-state index contributed by atoms with van der Waals surface area (Å²) in [7, 11) is 0. The minimum atomic E-state index is -1.34. The van der Waals surface area contributed by atoms with E-state index in [0.29, 0.717) is 53.0 Å². The fraction of sp³-hybridized carbons (Fsp3) is 0.148. The lowest BCUT2D eigenvalue weighted by Crippen LogP contribution is -2.11. The number of hydrogen-bond donors (Lipinski definition) is 4. The molecule has 0 aliphatic rings. The number of benzene rings is 2. The number of imidazole rings is 1. The number of aromatic amines is 1. The van der Waals surface area contributed by atoms with E-state index in [0.717, 1.165) is 11.3 Å². The predicted octanol–water partition coefficient (Wildman–Crippen LogP) is 4.18. The molecule has 0 saturated carbocycles. The number of nitrogens with zero attached hydrogens (tertiary/aromatic N) is 4. The number of anilines is 1. The first-order chi connectivity index (χ1) is 18.4. The maximum atomic E-state index is 14.6. The highest BCUT2D eigenvalue weighted by Crippen LogP contribution is 2.31. The molecule has 10 nitrogen and oxygen atoms in total. The number of hydrogen-bond acceptors (Lipinski definition) is 8. The lowest BCUT2D eigenvalue weighted by molar-refractivity contribution is 0.0692. The number of nitrogens with two attached hydrogens (primary N) is 1. The fourth-order valence-electron chi connectivity index (χ4n) is 3.97. The molecule has 0 unspecified atom stereocenters. The van der Waals surface area contributed by atoms with Crippen LogP contribution in [0.2, 0.25) is 0 Å². The molecule has 0 atom stereocenters. The standard InChI is InChI=1S/C27H24FN7O3/c1-15-4-2-7-20(32-15)26-25(16-8-9-18-21(12-16)33-23(14-31-18)38-11-10-29)34-22(35-26)13-30-19-6-3-5-17(24(19)28)27(36)37/h2-9,12,14,30H,10-11,13,29H2,1H3,(H,34,35)(H,36,37). The molecule has 0 fully saturated rings. The molecule has 5 aromatic rings. The average molecular weight is 514 g/mol. The summed E-state index contributed by atoms with van der Waals surface area (Å²) >= 11 is 0. The molecule has 0 aliphatic carbocycles. The summed E-state index contributed by atoms with van der Waals surface area (Å²) in [6, 6.07) is 15.4. The van der Waals surface area contributed by atoms with Gasteiger partial charge >= 0.3 is 5.97 Å². The van der Waals surface area contributed by atoms with Crippen molar-refractivity contribution in [2.24, 2.45) is 5.73 Å². The third-order valence-corrected chi connectivity index (χ3v) is 5.74. The van der Waals surface area contributed by atoms with Crippen LogP contribution < -0.4 is 15.8 Å². The van der Waals surface area contributed by atoms with Gasteiger partial charge in [-0.05, 0) is 43.3 Å². The second kappa shape index (κ2) is 10.6. The summed E-state index contributed by atoms with van der Waals surface area (Å²) in [5.41, 5.74) is 10.1. The van der Waals surface area contributed by atoms with Crippen LogP contribution in [0.15, 0.2) is 60.8 Å². The number of aromatic carboxylic acids is 1. The quantitative estimate of drug-likeness (QED) is 0.227. The van der Waals surface area contributed by atoms with Crippen LogP contribution in [0.1, 0.15) is 21.9 Å². The van der Waals surface area contributed by atoms with Crippen molar-refractivity contribution in [3.05, 3.63) is 83.7 Å². The molecule has 5 rings (SSSR count). The average Bonchev–Trinajstić information content (AvgIpc) is 3.35. The van der Waals surface area contributed by atoms with E-state index in [4.69, 9.17) is 15.5 Å². The van der Waals surface area contributed by atoms with E-state index >= 15 is 0 Å². The zero-order valence-electron chi connectivity index (χ0n) is 20.4. The number of aryl methyl sites for hydroxylation is 1. The summed E-state index contributed by atoms with van der Waals surface area (Å²) < 4.78 is 20.2. The Morgan fingerprint density at radius 2 is 1.95 bits per heavy atom. The lowest BCUT2D eigenvalue weighted by atomic mass is 10.1. The van der Waals surface area contributed by atoms with Gasteiger partial charge in [-0.25, -0.2) is 24.1 Å². The third-order valence-electron chi connectivity index (χ3n) is 5.74. The SMILES string of the molecule is Cc1cccc(-c2nc(CNc3cccc(C(=O)O)c3F)[nH]c2-c2ccc3ncc(OCCN)nc3c2)n1. The van der Waals surface area contributed by atoms with Crippen LogP contribution in [0.5, 0.6) is 5.88 Å². The molecule has 38 heavy (non-hydrogen) atoms. The molecule has 3 heterocycles. The number of carboxylic acid groups (broad SMARTS) is 1. The van der Waals surface area contributed by atoms with Gasteiger partial charge in [0.1, 0.15) is 18.1 Å². The Hall–Kier alpha value is -4.90. The van der Waals surface area contributed by atoms with Gasteiger partial charge in [0.2, 0.25) is 5.88 Å². The van der Waals surface area contributed by atoms with Gasteiger partial charge in [-0.2, -0.15) is 0 Å². The molecule has 5 N–H and O–H groups in total. The summed E-state index contributed by atoms with van der Waals surface area (Å²) in [4.78, 5) is 32.9. The van der Waals surface area contributed by atoms with Crippen molar-refractivity contribution in [3.8, 4) is 28.5 Å². The number of ether oxygens (including phenoxy) is 1. The highest BCUT2D eigenvalue weighted by Gasteiger charge is 2.18. The second-order valence-electron chi connectivity index (χ2n) is 8.45. The molecule has 0 radical (unpaired) electrons. The first-order valence-electron chi connectivity index (χ1n) is 11.8. The molecule has 11 heteroatoms. The van der Waals surface area contributed by atoms with Crippen LogP contribution in [-0.2, 0) is 6.54 Å². The number of aromatic nitrogens is 5. The number of pyridine rings is 1. The molecule has 0 amide bonds. The smallest absolute Gasteiger partial charge is 0.338 e. The first kappa shape index (κ1) is 24.8.